The van der Waals surface area contributed by atoms with Crippen LogP contribution in [0.25, 0.3) is 0 Å². The first kappa shape index (κ1) is 14.5. The van der Waals surface area contributed by atoms with Crippen LogP contribution in [0, 0.1) is 12.7 Å². The maximum absolute atomic E-state index is 13.3. The van der Waals surface area contributed by atoms with Gasteiger partial charge in [-0.1, -0.05) is 39.7 Å². The van der Waals surface area contributed by atoms with Crippen molar-refractivity contribution in [2.24, 2.45) is 5.73 Å². The van der Waals surface area contributed by atoms with Crippen LogP contribution in [-0.2, 0) is 6.42 Å². The highest BCUT2D eigenvalue weighted by Gasteiger charge is 2.12. The molecule has 1 atom stereocenters. The van der Waals surface area contributed by atoms with Gasteiger partial charge in [-0.15, -0.1) is 0 Å². The minimum absolute atomic E-state index is 0.248. The van der Waals surface area contributed by atoms with Gasteiger partial charge in [-0.3, -0.25) is 0 Å². The third-order valence-electron chi connectivity index (χ3n) is 2.93. The Hall–Kier alpha value is -0.900. The first-order valence-corrected chi connectivity index (χ1v) is 7.09. The van der Waals surface area contributed by atoms with Crippen molar-refractivity contribution in [3.63, 3.8) is 0 Å². The van der Waals surface area contributed by atoms with Crippen molar-refractivity contribution in [1.82, 2.24) is 0 Å². The molecular weight excluding hydrogens is 329 g/mol. The number of nitrogens with two attached hydrogens (primary N) is 1. The molecule has 0 aliphatic rings. The van der Waals surface area contributed by atoms with Crippen LogP contribution in [0.4, 0.5) is 4.39 Å². The van der Waals surface area contributed by atoms with Crippen LogP contribution in [0.15, 0.2) is 40.9 Å². The second-order valence-corrected chi connectivity index (χ2v) is 5.94. The fourth-order valence-electron chi connectivity index (χ4n) is 2.03. The molecule has 0 saturated carbocycles. The number of halogens is 3. The quantitative estimate of drug-likeness (QED) is 0.852. The van der Waals surface area contributed by atoms with Crippen molar-refractivity contribution >= 4 is 27.5 Å². The van der Waals surface area contributed by atoms with Gasteiger partial charge in [0.2, 0.25) is 0 Å². The van der Waals surface area contributed by atoms with E-state index >= 15 is 0 Å². The highest BCUT2D eigenvalue weighted by molar-refractivity contribution is 9.10. The standard InChI is InChI=1S/C15H14BrClFN/c1-9-2-3-13(14(17)4-9)15(19)7-10-5-11(16)8-12(18)6-10/h2-6,8,15H,7,19H2,1H3. The summed E-state index contributed by atoms with van der Waals surface area (Å²) in [7, 11) is 0. The lowest BCUT2D eigenvalue weighted by Gasteiger charge is -2.14. The van der Waals surface area contributed by atoms with E-state index in [4.69, 9.17) is 17.3 Å². The van der Waals surface area contributed by atoms with Gasteiger partial charge in [-0.2, -0.15) is 0 Å². The zero-order valence-corrected chi connectivity index (χ0v) is 12.8. The predicted octanol–water partition coefficient (Wildman–Crippen LogP) is 4.79. The average Bonchev–Trinajstić information content (AvgIpc) is 2.26. The molecule has 0 bridgehead atoms. The molecule has 4 heteroatoms. The van der Waals surface area contributed by atoms with Crippen LogP contribution in [0.1, 0.15) is 22.7 Å². The van der Waals surface area contributed by atoms with Gasteiger partial charge >= 0.3 is 0 Å². The van der Waals surface area contributed by atoms with Crippen molar-refractivity contribution in [3.05, 3.63) is 68.4 Å². The van der Waals surface area contributed by atoms with Crippen LogP contribution in [0.5, 0.6) is 0 Å². The topological polar surface area (TPSA) is 26.0 Å². The van der Waals surface area contributed by atoms with Gasteiger partial charge in [0.15, 0.2) is 0 Å². The second kappa shape index (κ2) is 6.04. The highest BCUT2D eigenvalue weighted by atomic mass is 79.9. The molecule has 1 nitrogen and oxygen atoms in total. The summed E-state index contributed by atoms with van der Waals surface area (Å²) in [5, 5.41) is 0.656. The van der Waals surface area contributed by atoms with Crippen LogP contribution >= 0.6 is 27.5 Å². The van der Waals surface area contributed by atoms with E-state index in [-0.39, 0.29) is 11.9 Å². The molecule has 19 heavy (non-hydrogen) atoms. The summed E-state index contributed by atoms with van der Waals surface area (Å²) in [4.78, 5) is 0. The van der Waals surface area contributed by atoms with E-state index in [2.05, 4.69) is 15.9 Å². The smallest absolute Gasteiger partial charge is 0.124 e. The molecule has 0 aliphatic carbocycles. The lowest BCUT2D eigenvalue weighted by Crippen LogP contribution is -2.14. The van der Waals surface area contributed by atoms with E-state index in [0.717, 1.165) is 16.7 Å². The van der Waals surface area contributed by atoms with E-state index in [1.54, 1.807) is 0 Å². The molecular formula is C15H14BrClFN. The monoisotopic (exact) mass is 341 g/mol. The van der Waals surface area contributed by atoms with Crippen LogP contribution in [0.3, 0.4) is 0 Å². The van der Waals surface area contributed by atoms with Crippen LogP contribution in [-0.4, -0.2) is 0 Å². The van der Waals surface area contributed by atoms with Crippen molar-refractivity contribution < 1.29 is 4.39 Å². The summed E-state index contributed by atoms with van der Waals surface area (Å²) in [6.07, 6.45) is 0.541. The zero-order chi connectivity index (χ0) is 14.0. The molecule has 0 amide bonds. The zero-order valence-electron chi connectivity index (χ0n) is 10.5. The molecule has 0 radical (unpaired) electrons. The third-order valence-corrected chi connectivity index (χ3v) is 3.72. The summed E-state index contributed by atoms with van der Waals surface area (Å²) >= 11 is 9.47. The Morgan fingerprint density at radius 1 is 1.26 bits per heavy atom. The molecule has 1 unspecified atom stereocenters. The van der Waals surface area contributed by atoms with Crippen molar-refractivity contribution in [2.75, 3.05) is 0 Å². The molecule has 0 aliphatic heterocycles. The number of aryl methyl sites for hydroxylation is 1. The Morgan fingerprint density at radius 2 is 2.00 bits per heavy atom. The maximum Gasteiger partial charge on any atom is 0.124 e. The number of hydrogen-bond acceptors (Lipinski definition) is 1. The molecule has 0 saturated heterocycles. The molecule has 2 aromatic carbocycles. The Labute approximate surface area is 125 Å². The summed E-state index contributed by atoms with van der Waals surface area (Å²) in [5.74, 6) is -0.272. The van der Waals surface area contributed by atoms with E-state index < -0.39 is 0 Å². The van der Waals surface area contributed by atoms with E-state index in [1.807, 2.05) is 31.2 Å². The van der Waals surface area contributed by atoms with Gasteiger partial charge in [0.1, 0.15) is 5.82 Å². The van der Waals surface area contributed by atoms with Crippen molar-refractivity contribution in [2.45, 2.75) is 19.4 Å². The summed E-state index contributed by atoms with van der Waals surface area (Å²) in [6, 6.07) is 10.3. The molecule has 0 spiro atoms. The van der Waals surface area contributed by atoms with Gasteiger partial charge in [0, 0.05) is 15.5 Å². The lowest BCUT2D eigenvalue weighted by molar-refractivity contribution is 0.621. The van der Waals surface area contributed by atoms with E-state index in [1.165, 1.54) is 12.1 Å². The number of rotatable bonds is 3. The molecule has 2 rings (SSSR count). The summed E-state index contributed by atoms with van der Waals surface area (Å²) < 4.78 is 14.0. The largest absolute Gasteiger partial charge is 0.324 e. The first-order valence-electron chi connectivity index (χ1n) is 5.92. The minimum atomic E-state index is -0.272. The van der Waals surface area contributed by atoms with E-state index in [0.29, 0.717) is 15.9 Å². The SMILES string of the molecule is Cc1ccc(C(N)Cc2cc(F)cc(Br)c2)c(Cl)c1. The van der Waals surface area contributed by atoms with Gasteiger partial charge in [-0.05, 0) is 54.3 Å². The number of benzene rings is 2. The molecule has 2 aromatic rings. The van der Waals surface area contributed by atoms with Gasteiger partial charge in [0.25, 0.3) is 0 Å². The molecule has 0 heterocycles. The molecule has 0 fully saturated rings. The predicted molar refractivity (Wildman–Crippen MR) is 80.9 cm³/mol. The molecule has 0 aromatic heterocycles. The number of hydrogen-bond donors (Lipinski definition) is 1. The first-order chi connectivity index (χ1) is 8.95. The minimum Gasteiger partial charge on any atom is -0.324 e. The Bertz CT molecular complexity index is 580. The molecule has 100 valence electrons. The lowest BCUT2D eigenvalue weighted by atomic mass is 9.99. The van der Waals surface area contributed by atoms with Crippen LogP contribution in [0.2, 0.25) is 5.02 Å². The third kappa shape index (κ3) is 3.78. The highest BCUT2D eigenvalue weighted by Crippen LogP contribution is 2.26. The fraction of sp³-hybridized carbons (Fsp3) is 0.200. The maximum atomic E-state index is 13.3. The Balaban J connectivity index is 2.22. The van der Waals surface area contributed by atoms with E-state index in [9.17, 15) is 4.39 Å². The summed E-state index contributed by atoms with van der Waals surface area (Å²) in [6.45, 7) is 1.98. The second-order valence-electron chi connectivity index (χ2n) is 4.61. The summed E-state index contributed by atoms with van der Waals surface area (Å²) in [5.41, 5.74) is 8.97. The molecule has 2 N–H and O–H groups in total. The van der Waals surface area contributed by atoms with Gasteiger partial charge < -0.3 is 5.73 Å². The van der Waals surface area contributed by atoms with Gasteiger partial charge in [-0.25, -0.2) is 4.39 Å². The van der Waals surface area contributed by atoms with Crippen LogP contribution < -0.4 is 5.73 Å². The fourth-order valence-corrected chi connectivity index (χ4v) is 2.91. The van der Waals surface area contributed by atoms with Crippen molar-refractivity contribution in [3.8, 4) is 0 Å². The Kier molecular flexibility index (Phi) is 4.61. The Morgan fingerprint density at radius 3 is 2.63 bits per heavy atom. The average molecular weight is 343 g/mol. The van der Waals surface area contributed by atoms with Gasteiger partial charge in [0.05, 0.1) is 0 Å². The normalized spacial score (nSPS) is 12.5. The van der Waals surface area contributed by atoms with Crippen molar-refractivity contribution in [1.29, 1.82) is 0 Å².